The Bertz CT molecular complexity index is 1100. The smallest absolute Gasteiger partial charge is 0.261 e. The maximum Gasteiger partial charge on any atom is 0.261 e. The van der Waals surface area contributed by atoms with Gasteiger partial charge in [-0.3, -0.25) is 9.48 Å². The quantitative estimate of drug-likeness (QED) is 0.582. The second-order valence-electron chi connectivity index (χ2n) is 8.75. The molecule has 0 unspecified atom stereocenters. The molecule has 2 N–H and O–H groups in total. The minimum atomic E-state index is -0.112. The molecule has 1 aliphatic heterocycles. The van der Waals surface area contributed by atoms with Crippen LogP contribution >= 0.6 is 11.9 Å². The number of rotatable bonds is 6. The fraction of sp³-hybridized carbons (Fsp3) is 0.455. The van der Waals surface area contributed by atoms with Crippen molar-refractivity contribution in [2.24, 2.45) is 5.92 Å². The maximum absolute atomic E-state index is 12.5. The molecule has 3 aromatic rings. The number of hydrogen-bond donors (Lipinski definition) is 2. The van der Waals surface area contributed by atoms with Crippen LogP contribution in [0.25, 0.3) is 10.9 Å². The molecule has 0 radical (unpaired) electrons. The van der Waals surface area contributed by atoms with Gasteiger partial charge in [0.15, 0.2) is 5.82 Å². The third-order valence-electron chi connectivity index (χ3n) is 5.54. The zero-order chi connectivity index (χ0) is 20.7. The molecule has 3 heterocycles. The molecule has 2 fully saturated rings. The molecule has 1 saturated heterocycles. The number of aromatic amines is 1. The summed E-state index contributed by atoms with van der Waals surface area (Å²) in [4.78, 5) is 16.4. The summed E-state index contributed by atoms with van der Waals surface area (Å²) in [5.41, 5.74) is 1.58. The Balaban J connectivity index is 1.33. The van der Waals surface area contributed by atoms with Gasteiger partial charge in [-0.25, -0.2) is 4.31 Å². The third-order valence-corrected chi connectivity index (χ3v) is 6.60. The lowest BCUT2D eigenvalue weighted by molar-refractivity contribution is -0.0616. The average Bonchev–Trinajstić information content (AvgIpc) is 3.45. The summed E-state index contributed by atoms with van der Waals surface area (Å²) in [5.74, 6) is 1.30. The summed E-state index contributed by atoms with van der Waals surface area (Å²) >= 11 is 1.76. The molecule has 2 aromatic heterocycles. The van der Waals surface area contributed by atoms with E-state index in [4.69, 9.17) is 9.84 Å². The molecule has 0 amide bonds. The lowest BCUT2D eigenvalue weighted by Gasteiger charge is -2.37. The van der Waals surface area contributed by atoms with Gasteiger partial charge >= 0.3 is 0 Å². The Hall–Kier alpha value is -2.29. The van der Waals surface area contributed by atoms with E-state index in [9.17, 15) is 4.79 Å². The first-order chi connectivity index (χ1) is 14.5. The van der Waals surface area contributed by atoms with Gasteiger partial charge in [0.05, 0.1) is 17.7 Å². The zero-order valence-electron chi connectivity index (χ0n) is 17.4. The molecular weight excluding hydrogens is 398 g/mol. The highest BCUT2D eigenvalue weighted by molar-refractivity contribution is 7.97. The number of benzene rings is 1. The molecule has 1 saturated carbocycles. The second kappa shape index (κ2) is 7.76. The van der Waals surface area contributed by atoms with Crippen LogP contribution in [-0.2, 0) is 11.3 Å². The van der Waals surface area contributed by atoms with Crippen LogP contribution in [0.3, 0.4) is 0 Å². The van der Waals surface area contributed by atoms with Gasteiger partial charge < -0.3 is 15.0 Å². The van der Waals surface area contributed by atoms with Gasteiger partial charge in [0.25, 0.3) is 5.56 Å². The van der Waals surface area contributed by atoms with E-state index in [0.29, 0.717) is 17.1 Å². The molecule has 0 atom stereocenters. The number of pyridine rings is 1. The van der Waals surface area contributed by atoms with Crippen LogP contribution in [0.1, 0.15) is 26.7 Å². The van der Waals surface area contributed by atoms with Gasteiger partial charge in [0.2, 0.25) is 0 Å². The fourth-order valence-electron chi connectivity index (χ4n) is 3.84. The summed E-state index contributed by atoms with van der Waals surface area (Å²) in [7, 11) is 0. The number of nitrogens with zero attached hydrogens (tertiary/aromatic N) is 3. The van der Waals surface area contributed by atoms with Crippen LogP contribution in [0, 0.1) is 5.92 Å². The molecule has 7 nitrogen and oxygen atoms in total. The minimum absolute atomic E-state index is 0.111. The van der Waals surface area contributed by atoms with Crippen LogP contribution < -0.4 is 10.9 Å². The van der Waals surface area contributed by atoms with Crippen molar-refractivity contribution in [3.05, 3.63) is 46.9 Å². The SMILES string of the molecule is CC1(C)CN(Sc2ccc(Nc3nn(CC4CC4)c4cc[nH]c(=O)c34)cc2)CCO1. The normalized spacial score (nSPS) is 19.3. The summed E-state index contributed by atoms with van der Waals surface area (Å²) in [5, 5.41) is 8.68. The first kappa shape index (κ1) is 19.7. The van der Waals surface area contributed by atoms with Crippen molar-refractivity contribution in [3.63, 3.8) is 0 Å². The molecule has 1 aliphatic carbocycles. The van der Waals surface area contributed by atoms with Crippen molar-refractivity contribution in [1.29, 1.82) is 0 Å². The lowest BCUT2D eigenvalue weighted by atomic mass is 10.1. The molecule has 0 bridgehead atoms. The van der Waals surface area contributed by atoms with E-state index in [1.54, 1.807) is 18.1 Å². The molecule has 1 aromatic carbocycles. The number of ether oxygens (including phenoxy) is 1. The van der Waals surface area contributed by atoms with Gasteiger partial charge in [0.1, 0.15) is 5.39 Å². The fourth-order valence-corrected chi connectivity index (χ4v) is 4.94. The van der Waals surface area contributed by atoms with E-state index in [2.05, 4.69) is 40.6 Å². The van der Waals surface area contributed by atoms with Crippen molar-refractivity contribution < 1.29 is 4.74 Å². The van der Waals surface area contributed by atoms with Crippen LogP contribution in [0.2, 0.25) is 0 Å². The predicted molar refractivity (Wildman–Crippen MR) is 120 cm³/mol. The third kappa shape index (κ3) is 4.26. The standard InChI is InChI=1S/C22H27N5O2S/c1-22(2)14-26(11-12-29-22)30-17-7-5-16(6-8-17)24-20-19-18(9-10-23-21(19)28)27(25-20)13-15-3-4-15/h5-10,15H,3-4,11-14H2,1-2H3,(H,23,28)(H,24,25). The van der Waals surface area contributed by atoms with Crippen LogP contribution in [0.4, 0.5) is 11.5 Å². The summed E-state index contributed by atoms with van der Waals surface area (Å²) < 4.78 is 10.1. The molecule has 8 heteroatoms. The molecule has 5 rings (SSSR count). The van der Waals surface area contributed by atoms with E-state index in [1.807, 2.05) is 22.9 Å². The number of nitrogens with one attached hydrogen (secondary N) is 2. The molecule has 30 heavy (non-hydrogen) atoms. The van der Waals surface area contributed by atoms with Gasteiger partial charge in [-0.1, -0.05) is 0 Å². The minimum Gasteiger partial charge on any atom is -0.373 e. The highest BCUT2D eigenvalue weighted by Gasteiger charge is 2.28. The van der Waals surface area contributed by atoms with E-state index in [0.717, 1.165) is 37.4 Å². The number of H-pyrrole nitrogens is 1. The summed E-state index contributed by atoms with van der Waals surface area (Å²) in [6.45, 7) is 7.69. The molecular formula is C22H27N5O2S. The predicted octanol–water partition coefficient (Wildman–Crippen LogP) is 4.00. The van der Waals surface area contributed by atoms with E-state index in [-0.39, 0.29) is 11.2 Å². The Kier molecular flexibility index (Phi) is 5.08. The number of fused-ring (bicyclic) bond motifs is 1. The van der Waals surface area contributed by atoms with Crippen molar-refractivity contribution in [3.8, 4) is 0 Å². The highest BCUT2D eigenvalue weighted by atomic mass is 32.2. The van der Waals surface area contributed by atoms with E-state index < -0.39 is 0 Å². The Morgan fingerprint density at radius 3 is 2.80 bits per heavy atom. The summed E-state index contributed by atoms with van der Waals surface area (Å²) in [6, 6.07) is 10.2. The van der Waals surface area contributed by atoms with Crippen molar-refractivity contribution in [2.75, 3.05) is 25.0 Å². The number of hydrogen-bond acceptors (Lipinski definition) is 6. The van der Waals surface area contributed by atoms with Gasteiger partial charge in [-0.05, 0) is 74.9 Å². The first-order valence-electron chi connectivity index (χ1n) is 10.5. The van der Waals surface area contributed by atoms with Crippen LogP contribution in [-0.4, -0.2) is 44.4 Å². The van der Waals surface area contributed by atoms with Crippen LogP contribution in [0.5, 0.6) is 0 Å². The van der Waals surface area contributed by atoms with Gasteiger partial charge in [-0.15, -0.1) is 0 Å². The first-order valence-corrected chi connectivity index (χ1v) is 11.3. The van der Waals surface area contributed by atoms with Crippen molar-refractivity contribution >= 4 is 34.4 Å². The van der Waals surface area contributed by atoms with Gasteiger partial charge in [-0.2, -0.15) is 5.10 Å². The van der Waals surface area contributed by atoms with Crippen LogP contribution in [0.15, 0.2) is 46.2 Å². The Morgan fingerprint density at radius 2 is 2.07 bits per heavy atom. The molecule has 2 aliphatic rings. The topological polar surface area (TPSA) is 75.2 Å². The molecule has 158 valence electrons. The largest absolute Gasteiger partial charge is 0.373 e. The maximum atomic E-state index is 12.5. The Morgan fingerprint density at radius 1 is 1.27 bits per heavy atom. The zero-order valence-corrected chi connectivity index (χ0v) is 18.2. The number of aromatic nitrogens is 3. The summed E-state index contributed by atoms with van der Waals surface area (Å²) in [6.07, 6.45) is 4.18. The monoisotopic (exact) mass is 425 g/mol. The van der Waals surface area contributed by atoms with E-state index >= 15 is 0 Å². The van der Waals surface area contributed by atoms with Crippen molar-refractivity contribution in [1.82, 2.24) is 19.1 Å². The number of anilines is 2. The van der Waals surface area contributed by atoms with E-state index in [1.165, 1.54) is 17.7 Å². The van der Waals surface area contributed by atoms with Gasteiger partial charge in [0, 0.05) is 36.4 Å². The lowest BCUT2D eigenvalue weighted by Crippen LogP contribution is -2.45. The highest BCUT2D eigenvalue weighted by Crippen LogP contribution is 2.33. The number of morpholine rings is 1. The average molecular weight is 426 g/mol. The van der Waals surface area contributed by atoms with Crippen molar-refractivity contribution in [2.45, 2.75) is 43.7 Å². The second-order valence-corrected chi connectivity index (χ2v) is 9.92. The Labute approximate surface area is 179 Å². The molecule has 0 spiro atoms.